The fourth-order valence-corrected chi connectivity index (χ4v) is 9.22. The van der Waals surface area contributed by atoms with Crippen molar-refractivity contribution in [2.75, 3.05) is 65.7 Å². The zero-order valence-corrected chi connectivity index (χ0v) is 47.7. The van der Waals surface area contributed by atoms with Crippen LogP contribution in [0.3, 0.4) is 0 Å². The third-order valence-electron chi connectivity index (χ3n) is 14.0. The van der Waals surface area contributed by atoms with E-state index in [4.69, 9.17) is 28.4 Å². The fraction of sp³-hybridized carbons (Fsp3) is 0.932. The normalized spacial score (nSPS) is 12.5. The highest BCUT2D eigenvalue weighted by atomic mass is 16.7. The van der Waals surface area contributed by atoms with Crippen LogP contribution in [0.2, 0.25) is 0 Å². The molecule has 0 rings (SSSR count). The van der Waals surface area contributed by atoms with Gasteiger partial charge in [-0.05, 0) is 134 Å². The van der Waals surface area contributed by atoms with E-state index in [1.165, 1.54) is 77.0 Å². The summed E-state index contributed by atoms with van der Waals surface area (Å²) in [5.41, 5.74) is 0. The Morgan fingerprint density at radius 2 is 0.648 bits per heavy atom. The molecule has 2 unspecified atom stereocenters. The van der Waals surface area contributed by atoms with Gasteiger partial charge in [0.1, 0.15) is 25.4 Å². The summed E-state index contributed by atoms with van der Waals surface area (Å²) >= 11 is 0. The molecule has 0 amide bonds. The van der Waals surface area contributed by atoms with E-state index in [0.29, 0.717) is 76.7 Å². The summed E-state index contributed by atoms with van der Waals surface area (Å²) in [5.74, 6) is 0.641. The summed E-state index contributed by atoms with van der Waals surface area (Å²) in [6.45, 7) is 23.5. The van der Waals surface area contributed by atoms with Gasteiger partial charge in [-0.1, -0.05) is 158 Å². The minimum Gasteiger partial charge on any atom is -0.465 e. The summed E-state index contributed by atoms with van der Waals surface area (Å²) in [6.07, 6.45) is 30.8. The number of nitrogens with zero attached hydrogens (tertiary/aromatic N) is 2. The largest absolute Gasteiger partial charge is 0.508 e. The molecule has 0 fully saturated rings. The van der Waals surface area contributed by atoms with Crippen LogP contribution in [-0.2, 0) is 38.0 Å². The number of carbonyl (C=O) groups excluding carboxylic acids is 4. The molecule has 12 heteroatoms. The van der Waals surface area contributed by atoms with Crippen molar-refractivity contribution in [2.24, 2.45) is 11.8 Å². The smallest absolute Gasteiger partial charge is 0.465 e. The molecule has 12 nitrogen and oxygen atoms in total. The Hall–Kier alpha value is -2.60. The van der Waals surface area contributed by atoms with Crippen LogP contribution in [-0.4, -0.2) is 112 Å². The first-order valence-corrected chi connectivity index (χ1v) is 30.0. The van der Waals surface area contributed by atoms with Crippen molar-refractivity contribution in [3.05, 3.63) is 0 Å². The van der Waals surface area contributed by atoms with Gasteiger partial charge in [0, 0.05) is 25.9 Å². The molecule has 0 saturated carbocycles. The Labute approximate surface area is 437 Å². The predicted octanol–water partition coefficient (Wildman–Crippen LogP) is 16.0. The van der Waals surface area contributed by atoms with E-state index >= 15 is 0 Å². The fourth-order valence-electron chi connectivity index (χ4n) is 9.22. The van der Waals surface area contributed by atoms with Crippen LogP contribution in [0.25, 0.3) is 0 Å². The van der Waals surface area contributed by atoms with Gasteiger partial charge in [0.2, 0.25) is 0 Å². The van der Waals surface area contributed by atoms with Crippen molar-refractivity contribution < 1.29 is 47.6 Å². The highest BCUT2D eigenvalue weighted by molar-refractivity contribution is 5.69. The van der Waals surface area contributed by atoms with Crippen molar-refractivity contribution in [1.29, 1.82) is 0 Å². The number of hydrogen-bond donors (Lipinski definition) is 0. The molecule has 71 heavy (non-hydrogen) atoms. The van der Waals surface area contributed by atoms with E-state index in [1.807, 2.05) is 0 Å². The van der Waals surface area contributed by atoms with E-state index in [-0.39, 0.29) is 37.4 Å². The lowest BCUT2D eigenvalue weighted by molar-refractivity contribution is -0.146. The van der Waals surface area contributed by atoms with Gasteiger partial charge >= 0.3 is 24.2 Å². The summed E-state index contributed by atoms with van der Waals surface area (Å²) in [5, 5.41) is 0. The second kappa shape index (κ2) is 50.9. The SMILES string of the molecule is CCCCCC(CCCCC)COC(=O)CCCCC(CCCCC)OC(=O)OCCN(CCCN(CC)CC)CCOC(=O)OC(CCCCC)CCCCC(=O)OCC(CCCCC)CCCCC. The van der Waals surface area contributed by atoms with E-state index in [1.54, 1.807) is 0 Å². The van der Waals surface area contributed by atoms with Crippen molar-refractivity contribution >= 4 is 24.2 Å². The van der Waals surface area contributed by atoms with Crippen LogP contribution in [0.5, 0.6) is 0 Å². The minimum absolute atomic E-state index is 0.129. The van der Waals surface area contributed by atoms with Gasteiger partial charge in [0.15, 0.2) is 0 Å². The zero-order valence-electron chi connectivity index (χ0n) is 47.7. The van der Waals surface area contributed by atoms with Gasteiger partial charge in [-0.3, -0.25) is 14.5 Å². The van der Waals surface area contributed by atoms with Crippen molar-refractivity contribution in [2.45, 2.75) is 279 Å². The molecule has 420 valence electrons. The van der Waals surface area contributed by atoms with Gasteiger partial charge in [0.25, 0.3) is 0 Å². The molecular formula is C59H114N2O10. The minimum atomic E-state index is -0.665. The number of ether oxygens (including phenoxy) is 6. The van der Waals surface area contributed by atoms with Gasteiger partial charge in [-0.2, -0.15) is 0 Å². The summed E-state index contributed by atoms with van der Waals surface area (Å²) in [4.78, 5) is 56.0. The second-order valence-electron chi connectivity index (χ2n) is 20.5. The standard InChI is InChI=1S/C59H114N2O10/c1-9-17-23-34-52(35-24-18-10-2)50-68-56(62)42-31-29-40-54(38-27-21-13-5)70-58(64)66-48-46-61(45-33-44-60(15-7)16-8)47-49-67-59(65)71-55(39-28-22-14-6)41-30-32-43-57(63)69-51-53(36-25-19-11-3)37-26-20-12-4/h52-55H,9-51H2,1-8H3. The molecule has 0 radical (unpaired) electrons. The highest BCUT2D eigenvalue weighted by Gasteiger charge is 2.20. The summed E-state index contributed by atoms with van der Waals surface area (Å²) in [7, 11) is 0. The highest BCUT2D eigenvalue weighted by Crippen LogP contribution is 2.22. The third-order valence-corrected chi connectivity index (χ3v) is 14.0. The molecule has 0 spiro atoms. The lowest BCUT2D eigenvalue weighted by atomic mass is 9.96. The van der Waals surface area contributed by atoms with Gasteiger partial charge in [-0.15, -0.1) is 0 Å². The maximum atomic E-state index is 13.0. The van der Waals surface area contributed by atoms with E-state index < -0.39 is 12.3 Å². The van der Waals surface area contributed by atoms with Crippen LogP contribution in [0.4, 0.5) is 9.59 Å². The number of esters is 2. The quantitative estimate of drug-likeness (QED) is 0.0327. The van der Waals surface area contributed by atoms with Crippen LogP contribution in [0.15, 0.2) is 0 Å². The number of hydrogen-bond acceptors (Lipinski definition) is 12. The second-order valence-corrected chi connectivity index (χ2v) is 20.5. The van der Waals surface area contributed by atoms with E-state index in [2.05, 4.69) is 65.2 Å². The Bertz CT molecular complexity index is 1120. The first-order valence-electron chi connectivity index (χ1n) is 30.0. The summed E-state index contributed by atoms with van der Waals surface area (Å²) < 4.78 is 34.5. The van der Waals surface area contributed by atoms with Crippen LogP contribution in [0, 0.1) is 11.8 Å². The average molecular weight is 1010 g/mol. The molecule has 0 heterocycles. The zero-order chi connectivity index (χ0) is 52.4. The van der Waals surface area contributed by atoms with Crippen molar-refractivity contribution in [3.63, 3.8) is 0 Å². The number of carbonyl (C=O) groups is 4. The molecule has 0 aliphatic rings. The maximum Gasteiger partial charge on any atom is 0.508 e. The van der Waals surface area contributed by atoms with E-state index in [0.717, 1.165) is 122 Å². The van der Waals surface area contributed by atoms with E-state index in [9.17, 15) is 19.2 Å². The molecule has 0 aromatic rings. The van der Waals surface area contributed by atoms with Crippen LogP contribution in [0.1, 0.15) is 267 Å². The molecule has 0 N–H and O–H groups in total. The Kier molecular flexibility index (Phi) is 49.0. The molecule has 0 bridgehead atoms. The molecule has 0 aliphatic heterocycles. The predicted molar refractivity (Wildman–Crippen MR) is 292 cm³/mol. The molecule has 0 aromatic carbocycles. The molecule has 0 aliphatic carbocycles. The third kappa shape index (κ3) is 43.5. The maximum absolute atomic E-state index is 13.0. The lowest BCUT2D eigenvalue weighted by Crippen LogP contribution is -2.35. The van der Waals surface area contributed by atoms with Gasteiger partial charge < -0.3 is 33.3 Å². The van der Waals surface area contributed by atoms with Crippen molar-refractivity contribution in [1.82, 2.24) is 9.80 Å². The number of unbranched alkanes of at least 4 members (excludes halogenated alkanes) is 14. The molecule has 2 atom stereocenters. The topological polar surface area (TPSA) is 130 Å². The average Bonchev–Trinajstić information content (AvgIpc) is 3.36. The number of rotatable bonds is 52. The summed E-state index contributed by atoms with van der Waals surface area (Å²) in [6, 6.07) is 0. The Balaban J connectivity index is 5.13. The Morgan fingerprint density at radius 1 is 0.338 bits per heavy atom. The molecule has 0 aromatic heterocycles. The van der Waals surface area contributed by atoms with Crippen molar-refractivity contribution in [3.8, 4) is 0 Å². The monoisotopic (exact) mass is 1010 g/mol. The first kappa shape index (κ1) is 68.4. The molecular weight excluding hydrogens is 897 g/mol. The Morgan fingerprint density at radius 3 is 0.972 bits per heavy atom. The molecule has 0 saturated heterocycles. The van der Waals surface area contributed by atoms with Crippen LogP contribution < -0.4 is 0 Å². The van der Waals surface area contributed by atoms with Crippen LogP contribution >= 0.6 is 0 Å². The lowest BCUT2D eigenvalue weighted by Gasteiger charge is -2.25. The van der Waals surface area contributed by atoms with Gasteiger partial charge in [-0.25, -0.2) is 9.59 Å². The van der Waals surface area contributed by atoms with Gasteiger partial charge in [0.05, 0.1) is 13.2 Å². The first-order chi connectivity index (χ1) is 34.6.